The van der Waals surface area contributed by atoms with E-state index >= 15 is 0 Å². The summed E-state index contributed by atoms with van der Waals surface area (Å²) in [6.45, 7) is 5.45. The molecule has 0 spiro atoms. The topological polar surface area (TPSA) is 113 Å². The van der Waals surface area contributed by atoms with Crippen molar-refractivity contribution < 1.29 is 14.4 Å². The predicted octanol–water partition coefficient (Wildman–Crippen LogP) is 1.61. The maximum atomic E-state index is 11.9. The van der Waals surface area contributed by atoms with Crippen molar-refractivity contribution in [3.8, 4) is 0 Å². The van der Waals surface area contributed by atoms with Crippen molar-refractivity contribution in [2.24, 2.45) is 11.7 Å². The zero-order chi connectivity index (χ0) is 19.0. The predicted molar refractivity (Wildman–Crippen MR) is 106 cm³/mol. The minimum Gasteiger partial charge on any atom is -0.354 e. The summed E-state index contributed by atoms with van der Waals surface area (Å²) >= 11 is 5.99. The molecule has 146 valence electrons. The molecule has 5 N–H and O–H groups in total. The molecule has 0 aromatic heterocycles. The standard InChI is InChI=1S/C17H25ClN4O3.ClH/c1-10(2)16(19)17(25)21-9-15(24)20-8-7-14(23)22-13-6-4-5-12(18)11(13)3;/h4-6,10,16H,7-9,19H2,1-3H3,(H,20,24)(H,21,25)(H,22,23);1H/t16-;/m0./s1. The van der Waals surface area contributed by atoms with E-state index in [0.717, 1.165) is 5.56 Å². The Morgan fingerprint density at radius 3 is 2.42 bits per heavy atom. The highest BCUT2D eigenvalue weighted by molar-refractivity contribution is 6.31. The van der Waals surface area contributed by atoms with E-state index in [4.69, 9.17) is 17.3 Å². The van der Waals surface area contributed by atoms with Gasteiger partial charge in [-0.05, 0) is 30.5 Å². The zero-order valence-electron chi connectivity index (χ0n) is 15.1. The van der Waals surface area contributed by atoms with Gasteiger partial charge in [0.05, 0.1) is 12.6 Å². The van der Waals surface area contributed by atoms with Crippen LogP contribution in [0.1, 0.15) is 25.8 Å². The molecule has 0 saturated carbocycles. The van der Waals surface area contributed by atoms with Crippen LogP contribution in [0.25, 0.3) is 0 Å². The molecule has 0 aliphatic rings. The summed E-state index contributed by atoms with van der Waals surface area (Å²) in [6, 6.07) is 4.59. The van der Waals surface area contributed by atoms with Crippen molar-refractivity contribution in [2.45, 2.75) is 33.2 Å². The van der Waals surface area contributed by atoms with Gasteiger partial charge in [-0.2, -0.15) is 0 Å². The second-order valence-corrected chi connectivity index (χ2v) is 6.46. The van der Waals surface area contributed by atoms with Crippen LogP contribution in [-0.2, 0) is 14.4 Å². The maximum absolute atomic E-state index is 11.9. The number of amides is 3. The Kier molecular flexibility index (Phi) is 10.9. The Morgan fingerprint density at radius 2 is 1.81 bits per heavy atom. The highest BCUT2D eigenvalue weighted by Crippen LogP contribution is 2.22. The van der Waals surface area contributed by atoms with Crippen LogP contribution in [0.5, 0.6) is 0 Å². The quantitative estimate of drug-likeness (QED) is 0.526. The molecule has 1 aromatic rings. The van der Waals surface area contributed by atoms with E-state index in [1.54, 1.807) is 18.2 Å². The number of nitrogens with one attached hydrogen (secondary N) is 3. The van der Waals surface area contributed by atoms with E-state index in [1.807, 2.05) is 20.8 Å². The number of nitrogens with two attached hydrogens (primary N) is 1. The average molecular weight is 405 g/mol. The van der Waals surface area contributed by atoms with E-state index in [0.29, 0.717) is 10.7 Å². The van der Waals surface area contributed by atoms with Crippen LogP contribution in [0.15, 0.2) is 18.2 Å². The summed E-state index contributed by atoms with van der Waals surface area (Å²) < 4.78 is 0. The Balaban J connectivity index is 0.00000625. The van der Waals surface area contributed by atoms with Crippen LogP contribution in [0.3, 0.4) is 0 Å². The summed E-state index contributed by atoms with van der Waals surface area (Å²) in [6.07, 6.45) is 0.108. The summed E-state index contributed by atoms with van der Waals surface area (Å²) in [5, 5.41) is 8.34. The van der Waals surface area contributed by atoms with E-state index < -0.39 is 6.04 Å². The smallest absolute Gasteiger partial charge is 0.239 e. The number of rotatable bonds is 8. The molecule has 7 nitrogen and oxygen atoms in total. The minimum atomic E-state index is -0.653. The molecule has 1 rings (SSSR count). The van der Waals surface area contributed by atoms with Gasteiger partial charge in [-0.3, -0.25) is 14.4 Å². The lowest BCUT2D eigenvalue weighted by atomic mass is 10.1. The number of benzene rings is 1. The van der Waals surface area contributed by atoms with Crippen molar-refractivity contribution in [1.29, 1.82) is 0 Å². The lowest BCUT2D eigenvalue weighted by Gasteiger charge is -2.15. The first-order valence-electron chi connectivity index (χ1n) is 8.07. The van der Waals surface area contributed by atoms with Crippen LogP contribution in [-0.4, -0.2) is 36.9 Å². The average Bonchev–Trinajstić information content (AvgIpc) is 2.56. The van der Waals surface area contributed by atoms with Gasteiger partial charge in [0.25, 0.3) is 0 Å². The number of hydrogen-bond acceptors (Lipinski definition) is 4. The van der Waals surface area contributed by atoms with Gasteiger partial charge in [0.1, 0.15) is 0 Å². The highest BCUT2D eigenvalue weighted by atomic mass is 35.5. The molecule has 1 atom stereocenters. The summed E-state index contributed by atoms with van der Waals surface area (Å²) in [5.74, 6) is -1.01. The monoisotopic (exact) mass is 404 g/mol. The van der Waals surface area contributed by atoms with Crippen LogP contribution >= 0.6 is 24.0 Å². The van der Waals surface area contributed by atoms with Crippen molar-refractivity contribution in [2.75, 3.05) is 18.4 Å². The van der Waals surface area contributed by atoms with Gasteiger partial charge in [-0.1, -0.05) is 31.5 Å². The Bertz CT molecular complexity index is 638. The number of carbonyl (C=O) groups is 3. The molecule has 1 aromatic carbocycles. The fourth-order valence-electron chi connectivity index (χ4n) is 1.92. The molecular weight excluding hydrogens is 379 g/mol. The normalized spacial score (nSPS) is 11.3. The first-order valence-corrected chi connectivity index (χ1v) is 8.45. The molecular formula is C17H26Cl2N4O3. The maximum Gasteiger partial charge on any atom is 0.239 e. The second-order valence-electron chi connectivity index (χ2n) is 6.05. The fourth-order valence-corrected chi connectivity index (χ4v) is 2.10. The molecule has 9 heteroatoms. The van der Waals surface area contributed by atoms with Gasteiger partial charge in [-0.15, -0.1) is 12.4 Å². The molecule has 0 fully saturated rings. The van der Waals surface area contributed by atoms with Crippen LogP contribution in [0.4, 0.5) is 5.69 Å². The molecule has 0 radical (unpaired) electrons. The second kappa shape index (κ2) is 11.7. The van der Waals surface area contributed by atoms with E-state index in [2.05, 4.69) is 16.0 Å². The molecule has 0 bridgehead atoms. The molecule has 3 amide bonds. The van der Waals surface area contributed by atoms with Crippen molar-refractivity contribution in [1.82, 2.24) is 10.6 Å². The van der Waals surface area contributed by atoms with Gasteiger partial charge in [-0.25, -0.2) is 0 Å². The number of hydrogen-bond donors (Lipinski definition) is 4. The Hall–Kier alpha value is -1.83. The zero-order valence-corrected chi connectivity index (χ0v) is 16.7. The van der Waals surface area contributed by atoms with Crippen LogP contribution in [0, 0.1) is 12.8 Å². The number of carbonyl (C=O) groups excluding carboxylic acids is 3. The lowest BCUT2D eigenvalue weighted by molar-refractivity contribution is -0.127. The van der Waals surface area contributed by atoms with Gasteiger partial charge in [0.15, 0.2) is 0 Å². The van der Waals surface area contributed by atoms with Gasteiger partial charge in [0, 0.05) is 23.7 Å². The SMILES string of the molecule is Cc1c(Cl)cccc1NC(=O)CCNC(=O)CNC(=O)[C@@H](N)C(C)C.Cl. The number of anilines is 1. The van der Waals surface area contributed by atoms with E-state index in [1.165, 1.54) is 0 Å². The first-order chi connectivity index (χ1) is 11.7. The molecule has 0 aliphatic heterocycles. The first kappa shape index (κ1) is 24.2. The lowest BCUT2D eigenvalue weighted by Crippen LogP contribution is -2.47. The van der Waals surface area contributed by atoms with Gasteiger partial charge >= 0.3 is 0 Å². The third-order valence-electron chi connectivity index (χ3n) is 3.66. The van der Waals surface area contributed by atoms with Crippen molar-refractivity contribution in [3.63, 3.8) is 0 Å². The molecule has 0 unspecified atom stereocenters. The van der Waals surface area contributed by atoms with Crippen LogP contribution in [0.2, 0.25) is 5.02 Å². The fraction of sp³-hybridized carbons (Fsp3) is 0.471. The molecule has 26 heavy (non-hydrogen) atoms. The summed E-state index contributed by atoms with van der Waals surface area (Å²) in [7, 11) is 0. The van der Waals surface area contributed by atoms with Gasteiger partial charge < -0.3 is 21.7 Å². The van der Waals surface area contributed by atoms with Crippen molar-refractivity contribution in [3.05, 3.63) is 28.8 Å². The third-order valence-corrected chi connectivity index (χ3v) is 4.07. The highest BCUT2D eigenvalue weighted by Gasteiger charge is 2.17. The number of halogens is 2. The molecule has 0 heterocycles. The minimum absolute atomic E-state index is 0. The summed E-state index contributed by atoms with van der Waals surface area (Å²) in [5.41, 5.74) is 7.10. The van der Waals surface area contributed by atoms with Gasteiger partial charge in [0.2, 0.25) is 17.7 Å². The van der Waals surface area contributed by atoms with E-state index in [9.17, 15) is 14.4 Å². The summed E-state index contributed by atoms with van der Waals surface area (Å²) in [4.78, 5) is 35.2. The van der Waals surface area contributed by atoms with Crippen molar-refractivity contribution >= 4 is 47.4 Å². The van der Waals surface area contributed by atoms with E-state index in [-0.39, 0.29) is 55.6 Å². The third kappa shape index (κ3) is 8.03. The largest absolute Gasteiger partial charge is 0.354 e. The molecule has 0 saturated heterocycles. The van der Waals surface area contributed by atoms with Crippen LogP contribution < -0.4 is 21.7 Å². The Labute approximate surface area is 164 Å². The molecule has 0 aliphatic carbocycles. The Morgan fingerprint density at radius 1 is 1.15 bits per heavy atom.